The number of pyridine rings is 1. The first-order valence-electron chi connectivity index (χ1n) is 11.6. The molecule has 1 aliphatic heterocycles. The predicted octanol–water partition coefficient (Wildman–Crippen LogP) is 3.65. The van der Waals surface area contributed by atoms with Crippen molar-refractivity contribution in [1.82, 2.24) is 19.7 Å². The van der Waals surface area contributed by atoms with Crippen LogP contribution in [-0.2, 0) is 24.3 Å². The van der Waals surface area contributed by atoms with E-state index in [9.17, 15) is 4.79 Å². The van der Waals surface area contributed by atoms with Gasteiger partial charge >= 0.3 is 0 Å². The Kier molecular flexibility index (Phi) is 7.66. The largest absolute Gasteiger partial charge is 0.376 e. The van der Waals surface area contributed by atoms with E-state index in [1.165, 1.54) is 30.4 Å². The summed E-state index contributed by atoms with van der Waals surface area (Å²) < 4.78 is 0. The van der Waals surface area contributed by atoms with Crippen molar-refractivity contribution >= 4 is 23.2 Å². The summed E-state index contributed by atoms with van der Waals surface area (Å²) in [6.45, 7) is 4.21. The third-order valence-electron chi connectivity index (χ3n) is 6.67. The lowest BCUT2D eigenvalue weighted by molar-refractivity contribution is -0.130. The Morgan fingerprint density at radius 2 is 2.06 bits per heavy atom. The Balaban J connectivity index is 1.43. The van der Waals surface area contributed by atoms with Gasteiger partial charge in [0.2, 0.25) is 5.91 Å². The highest BCUT2D eigenvalue weighted by Gasteiger charge is 2.29. The molecule has 1 saturated carbocycles. The average Bonchev–Trinajstić information content (AvgIpc) is 2.75. The van der Waals surface area contributed by atoms with Crippen LogP contribution in [-0.4, -0.2) is 71.9 Å². The second kappa shape index (κ2) is 10.6. The fraction of sp³-hybridized carbons (Fsp3) is 0.520. The normalized spacial score (nSPS) is 16.5. The molecule has 32 heavy (non-hydrogen) atoms. The summed E-state index contributed by atoms with van der Waals surface area (Å²) >= 11 is 6.31. The summed E-state index contributed by atoms with van der Waals surface area (Å²) in [5.74, 6) is 0.0535. The lowest BCUT2D eigenvalue weighted by Gasteiger charge is -2.41. The molecule has 0 radical (unpaired) electrons. The Hall–Kier alpha value is -2.15. The number of rotatable bonds is 9. The molecule has 1 N–H and O–H groups in total. The number of hydrogen-bond acceptors (Lipinski definition) is 5. The van der Waals surface area contributed by atoms with E-state index < -0.39 is 0 Å². The van der Waals surface area contributed by atoms with Crippen LogP contribution in [0.15, 0.2) is 36.5 Å². The van der Waals surface area contributed by atoms with E-state index in [4.69, 9.17) is 11.6 Å². The van der Waals surface area contributed by atoms with Crippen LogP contribution in [0, 0.1) is 0 Å². The van der Waals surface area contributed by atoms with Crippen molar-refractivity contribution in [1.29, 1.82) is 0 Å². The van der Waals surface area contributed by atoms with Crippen molar-refractivity contribution in [3.05, 3.63) is 58.4 Å². The fourth-order valence-electron chi connectivity index (χ4n) is 4.44. The minimum atomic E-state index is 0.0535. The lowest BCUT2D eigenvalue weighted by atomic mass is 9.88. The molecule has 2 aliphatic rings. The fourth-order valence-corrected chi connectivity index (χ4v) is 4.62. The van der Waals surface area contributed by atoms with E-state index in [0.29, 0.717) is 18.1 Å². The molecule has 2 aromatic rings. The highest BCUT2D eigenvalue weighted by Crippen LogP contribution is 2.32. The van der Waals surface area contributed by atoms with Crippen LogP contribution < -0.4 is 5.32 Å². The van der Waals surface area contributed by atoms with Crippen molar-refractivity contribution in [2.24, 2.45) is 0 Å². The second-order valence-corrected chi connectivity index (χ2v) is 9.56. The van der Waals surface area contributed by atoms with Crippen molar-refractivity contribution in [2.45, 2.75) is 44.8 Å². The number of nitrogens with one attached hydrogen (secondary N) is 1. The second-order valence-electron chi connectivity index (χ2n) is 9.15. The molecule has 0 spiro atoms. The number of carbonyl (C=O) groups excluding carboxylic acids is 1. The zero-order valence-electron chi connectivity index (χ0n) is 19.2. The molecule has 1 fully saturated rings. The molecule has 1 aliphatic carbocycles. The van der Waals surface area contributed by atoms with E-state index in [2.05, 4.69) is 38.3 Å². The Morgan fingerprint density at radius 1 is 1.22 bits per heavy atom. The molecule has 1 aromatic carbocycles. The predicted molar refractivity (Wildman–Crippen MR) is 130 cm³/mol. The topological polar surface area (TPSA) is 51.7 Å². The molecule has 4 rings (SSSR count). The maximum atomic E-state index is 13.2. The van der Waals surface area contributed by atoms with Gasteiger partial charge in [0, 0.05) is 44.1 Å². The van der Waals surface area contributed by atoms with Gasteiger partial charge < -0.3 is 15.1 Å². The van der Waals surface area contributed by atoms with Gasteiger partial charge in [0.1, 0.15) is 0 Å². The van der Waals surface area contributed by atoms with Crippen LogP contribution in [0.3, 0.4) is 0 Å². The van der Waals surface area contributed by atoms with Gasteiger partial charge in [0.05, 0.1) is 23.8 Å². The number of benzene rings is 1. The van der Waals surface area contributed by atoms with Crippen molar-refractivity contribution < 1.29 is 4.79 Å². The zero-order valence-corrected chi connectivity index (χ0v) is 19.9. The highest BCUT2D eigenvalue weighted by atomic mass is 35.5. The van der Waals surface area contributed by atoms with Gasteiger partial charge in [0.15, 0.2) is 0 Å². The molecule has 1 amide bonds. The van der Waals surface area contributed by atoms with Gasteiger partial charge in [-0.05, 0) is 62.7 Å². The molecule has 0 bridgehead atoms. The number of hydrogen-bond donors (Lipinski definition) is 1. The molecule has 0 atom stereocenters. The first kappa shape index (κ1) is 23.0. The van der Waals surface area contributed by atoms with E-state index in [1.54, 1.807) is 6.20 Å². The maximum Gasteiger partial charge on any atom is 0.242 e. The molecule has 0 saturated heterocycles. The summed E-state index contributed by atoms with van der Waals surface area (Å²) in [5.41, 5.74) is 4.58. The number of halogens is 1. The number of aromatic nitrogens is 1. The third kappa shape index (κ3) is 5.61. The number of amides is 1. The van der Waals surface area contributed by atoms with Crippen LogP contribution in [0.5, 0.6) is 0 Å². The summed E-state index contributed by atoms with van der Waals surface area (Å²) in [7, 11) is 4.03. The van der Waals surface area contributed by atoms with Gasteiger partial charge in [-0.3, -0.25) is 14.7 Å². The quantitative estimate of drug-likeness (QED) is 0.625. The molecule has 2 heterocycles. The summed E-state index contributed by atoms with van der Waals surface area (Å²) in [6.07, 6.45) is 6.80. The molecular formula is C25H34ClN5O. The summed E-state index contributed by atoms with van der Waals surface area (Å²) in [5, 5.41) is 4.05. The minimum Gasteiger partial charge on any atom is -0.376 e. The zero-order chi connectivity index (χ0) is 22.5. The average molecular weight is 456 g/mol. The van der Waals surface area contributed by atoms with E-state index in [-0.39, 0.29) is 12.5 Å². The van der Waals surface area contributed by atoms with Crippen molar-refractivity contribution in [3.63, 3.8) is 0 Å². The van der Waals surface area contributed by atoms with Crippen molar-refractivity contribution in [2.75, 3.05) is 45.6 Å². The van der Waals surface area contributed by atoms with Crippen molar-refractivity contribution in [3.8, 4) is 0 Å². The summed E-state index contributed by atoms with van der Waals surface area (Å²) in [4.78, 5) is 24.1. The highest BCUT2D eigenvalue weighted by molar-refractivity contribution is 6.31. The number of carbonyl (C=O) groups is 1. The molecule has 1 aromatic heterocycles. The number of nitrogens with zero attached hydrogens (tertiary/aromatic N) is 4. The summed E-state index contributed by atoms with van der Waals surface area (Å²) in [6, 6.07) is 10.8. The van der Waals surface area contributed by atoms with Crippen LogP contribution >= 0.6 is 11.6 Å². The van der Waals surface area contributed by atoms with E-state index >= 15 is 0 Å². The first-order valence-corrected chi connectivity index (χ1v) is 12.0. The van der Waals surface area contributed by atoms with Gasteiger partial charge in [-0.15, -0.1) is 0 Å². The SMILES string of the molecule is CN(C)CCN(Cc1ncccc1Cl)C(=O)CNc1cccc2c1CN(C1CCC1)CC2. The molecular weight excluding hydrogens is 422 g/mol. The number of anilines is 1. The smallest absolute Gasteiger partial charge is 0.242 e. The molecule has 172 valence electrons. The molecule has 0 unspecified atom stereocenters. The molecule has 6 nitrogen and oxygen atoms in total. The van der Waals surface area contributed by atoms with Crippen LogP contribution in [0.25, 0.3) is 0 Å². The van der Waals surface area contributed by atoms with Gasteiger partial charge in [-0.25, -0.2) is 0 Å². The molecule has 7 heteroatoms. The maximum absolute atomic E-state index is 13.2. The van der Waals surface area contributed by atoms with Gasteiger partial charge in [-0.2, -0.15) is 0 Å². The van der Waals surface area contributed by atoms with Gasteiger partial charge in [0.25, 0.3) is 0 Å². The first-order chi connectivity index (χ1) is 15.5. The Bertz CT molecular complexity index is 930. The Morgan fingerprint density at radius 3 is 2.78 bits per heavy atom. The van der Waals surface area contributed by atoms with Crippen LogP contribution in [0.1, 0.15) is 36.1 Å². The van der Waals surface area contributed by atoms with Gasteiger partial charge in [-0.1, -0.05) is 30.2 Å². The van der Waals surface area contributed by atoms with Crippen LogP contribution in [0.2, 0.25) is 5.02 Å². The van der Waals surface area contributed by atoms with E-state index in [0.717, 1.165) is 43.5 Å². The third-order valence-corrected chi connectivity index (χ3v) is 7.01. The number of likely N-dealkylation sites (N-methyl/N-ethyl adjacent to an activating group) is 1. The number of fused-ring (bicyclic) bond motifs is 1. The van der Waals surface area contributed by atoms with E-state index in [1.807, 2.05) is 31.1 Å². The lowest BCUT2D eigenvalue weighted by Crippen LogP contribution is -2.43. The Labute approximate surface area is 196 Å². The monoisotopic (exact) mass is 455 g/mol. The minimum absolute atomic E-state index is 0.0535. The van der Waals surface area contributed by atoms with Crippen LogP contribution in [0.4, 0.5) is 5.69 Å². The standard InChI is InChI=1S/C25H34ClN5O/c1-29(2)14-15-31(18-24-22(26)9-5-12-27-24)25(32)16-28-23-10-3-6-19-11-13-30(17-21(19)23)20-7-4-8-20/h3,5-6,9-10,12,20,28H,4,7-8,11,13-18H2,1-2H3.